The molecule has 0 aliphatic carbocycles. The van der Waals surface area contributed by atoms with E-state index in [0.717, 1.165) is 55.7 Å². The number of anilines is 1. The molecule has 8 nitrogen and oxygen atoms in total. The number of nitrogens with one attached hydrogen (secondary N) is 1. The second-order valence-corrected chi connectivity index (χ2v) is 7.22. The van der Waals surface area contributed by atoms with Gasteiger partial charge in [0, 0.05) is 32.7 Å². The van der Waals surface area contributed by atoms with Crippen LogP contribution in [-0.4, -0.2) is 63.2 Å². The van der Waals surface area contributed by atoms with Crippen LogP contribution in [0.5, 0.6) is 11.5 Å². The highest BCUT2D eigenvalue weighted by molar-refractivity contribution is 14.0. The molecule has 3 rings (SSSR count). The number of piperazine rings is 1. The molecule has 3 N–H and O–H groups in total. The van der Waals surface area contributed by atoms with Gasteiger partial charge < -0.3 is 30.3 Å². The zero-order chi connectivity index (χ0) is 22.1. The van der Waals surface area contributed by atoms with Crippen LogP contribution in [0.15, 0.2) is 53.5 Å². The zero-order valence-corrected chi connectivity index (χ0v) is 21.0. The summed E-state index contributed by atoms with van der Waals surface area (Å²) in [5.41, 5.74) is 7.27. The van der Waals surface area contributed by atoms with E-state index in [1.165, 1.54) is 0 Å². The lowest BCUT2D eigenvalue weighted by molar-refractivity contribution is -0.119. The fourth-order valence-electron chi connectivity index (χ4n) is 3.53. The molecule has 0 aromatic heterocycles. The van der Waals surface area contributed by atoms with Gasteiger partial charge >= 0.3 is 0 Å². The second kappa shape index (κ2) is 13.0. The van der Waals surface area contributed by atoms with Gasteiger partial charge in [-0.05, 0) is 36.8 Å². The second-order valence-electron chi connectivity index (χ2n) is 7.22. The molecular formula is C23H32IN5O3. The summed E-state index contributed by atoms with van der Waals surface area (Å²) < 4.78 is 10.9. The standard InChI is InChI=1S/C23H31N5O3.HI/c1-3-25-23(26-16-18-7-6-8-19(15-18)31-17-22(24)29)28-13-11-27(12-14-28)20-9-4-5-10-21(20)30-2;/h4-10,15H,3,11-14,16-17H2,1-2H3,(H2,24,29)(H,25,26);1H. The molecule has 1 amide bonds. The summed E-state index contributed by atoms with van der Waals surface area (Å²) in [4.78, 5) is 20.4. The minimum Gasteiger partial charge on any atom is -0.495 e. The van der Waals surface area contributed by atoms with E-state index < -0.39 is 5.91 Å². The summed E-state index contributed by atoms with van der Waals surface area (Å²) in [6.07, 6.45) is 0. The van der Waals surface area contributed by atoms with Crippen LogP contribution in [0.4, 0.5) is 5.69 Å². The van der Waals surface area contributed by atoms with Gasteiger partial charge in [-0.2, -0.15) is 0 Å². The number of methoxy groups -OCH3 is 1. The van der Waals surface area contributed by atoms with Gasteiger partial charge in [0.05, 0.1) is 19.3 Å². The molecule has 0 bridgehead atoms. The van der Waals surface area contributed by atoms with E-state index in [4.69, 9.17) is 20.2 Å². The van der Waals surface area contributed by atoms with Gasteiger partial charge in [-0.3, -0.25) is 4.79 Å². The lowest BCUT2D eigenvalue weighted by atomic mass is 10.2. The Morgan fingerprint density at radius 3 is 2.56 bits per heavy atom. The largest absolute Gasteiger partial charge is 0.495 e. The molecule has 0 saturated carbocycles. The quantitative estimate of drug-likeness (QED) is 0.297. The summed E-state index contributed by atoms with van der Waals surface area (Å²) in [6.45, 7) is 6.76. The van der Waals surface area contributed by atoms with E-state index in [1.54, 1.807) is 13.2 Å². The molecule has 1 aliphatic heterocycles. The zero-order valence-electron chi connectivity index (χ0n) is 18.6. The lowest BCUT2D eigenvalue weighted by Gasteiger charge is -2.38. The number of carbonyl (C=O) groups is 1. The van der Waals surface area contributed by atoms with Gasteiger partial charge in [-0.15, -0.1) is 24.0 Å². The summed E-state index contributed by atoms with van der Waals surface area (Å²) in [5.74, 6) is 1.91. The molecule has 0 atom stereocenters. The number of amides is 1. The maximum absolute atomic E-state index is 10.9. The molecule has 0 spiro atoms. The van der Waals surface area contributed by atoms with E-state index in [2.05, 4.69) is 28.1 Å². The molecule has 1 fully saturated rings. The van der Waals surface area contributed by atoms with Crippen LogP contribution in [0.25, 0.3) is 0 Å². The van der Waals surface area contributed by atoms with Crippen molar-refractivity contribution in [2.75, 3.05) is 51.3 Å². The number of halogens is 1. The van der Waals surface area contributed by atoms with E-state index in [1.807, 2.05) is 36.4 Å². The van der Waals surface area contributed by atoms with Crippen LogP contribution < -0.4 is 25.4 Å². The van der Waals surface area contributed by atoms with Crippen molar-refractivity contribution in [3.8, 4) is 11.5 Å². The molecule has 1 saturated heterocycles. The lowest BCUT2D eigenvalue weighted by Crippen LogP contribution is -2.52. The number of ether oxygens (including phenoxy) is 2. The van der Waals surface area contributed by atoms with Crippen LogP contribution in [0.1, 0.15) is 12.5 Å². The van der Waals surface area contributed by atoms with Crippen LogP contribution in [0.3, 0.4) is 0 Å². The van der Waals surface area contributed by atoms with Crippen LogP contribution in [-0.2, 0) is 11.3 Å². The SMILES string of the molecule is CCNC(=NCc1cccc(OCC(N)=O)c1)N1CCN(c2ccccc2OC)CC1.I. The van der Waals surface area contributed by atoms with Crippen molar-refractivity contribution in [3.05, 3.63) is 54.1 Å². The van der Waals surface area contributed by atoms with Gasteiger partial charge in [-0.1, -0.05) is 24.3 Å². The number of nitrogens with two attached hydrogens (primary N) is 1. The van der Waals surface area contributed by atoms with Crippen molar-refractivity contribution >= 4 is 41.5 Å². The number of hydrogen-bond acceptors (Lipinski definition) is 5. The minimum absolute atomic E-state index is 0. The van der Waals surface area contributed by atoms with E-state index in [-0.39, 0.29) is 30.6 Å². The van der Waals surface area contributed by atoms with Gasteiger partial charge in [-0.25, -0.2) is 4.99 Å². The van der Waals surface area contributed by atoms with Crippen molar-refractivity contribution in [1.82, 2.24) is 10.2 Å². The molecule has 32 heavy (non-hydrogen) atoms. The number of guanidine groups is 1. The van der Waals surface area contributed by atoms with Crippen LogP contribution in [0, 0.1) is 0 Å². The molecule has 0 radical (unpaired) electrons. The number of aliphatic imine (C=N–C) groups is 1. The van der Waals surface area contributed by atoms with Crippen molar-refractivity contribution < 1.29 is 14.3 Å². The Kier molecular flexibility index (Phi) is 10.4. The highest BCUT2D eigenvalue weighted by atomic mass is 127. The molecular weight excluding hydrogens is 521 g/mol. The Morgan fingerprint density at radius 1 is 1.12 bits per heavy atom. The number of rotatable bonds is 8. The number of carbonyl (C=O) groups excluding carboxylic acids is 1. The Balaban J connectivity index is 0.00000363. The highest BCUT2D eigenvalue weighted by Crippen LogP contribution is 2.28. The van der Waals surface area contributed by atoms with Crippen molar-refractivity contribution in [2.24, 2.45) is 10.7 Å². The Hall–Kier alpha value is -2.69. The fraction of sp³-hybridized carbons (Fsp3) is 0.391. The van der Waals surface area contributed by atoms with Crippen molar-refractivity contribution in [2.45, 2.75) is 13.5 Å². The predicted octanol–water partition coefficient (Wildman–Crippen LogP) is 2.47. The van der Waals surface area contributed by atoms with Gasteiger partial charge in [0.15, 0.2) is 12.6 Å². The van der Waals surface area contributed by atoms with Crippen molar-refractivity contribution in [3.63, 3.8) is 0 Å². The molecule has 174 valence electrons. The van der Waals surface area contributed by atoms with Crippen LogP contribution >= 0.6 is 24.0 Å². The number of nitrogens with zero attached hydrogens (tertiary/aromatic N) is 3. The van der Waals surface area contributed by atoms with E-state index in [9.17, 15) is 4.79 Å². The van der Waals surface area contributed by atoms with Gasteiger partial charge in [0.1, 0.15) is 11.5 Å². The topological polar surface area (TPSA) is 92.4 Å². The smallest absolute Gasteiger partial charge is 0.255 e. The van der Waals surface area contributed by atoms with E-state index >= 15 is 0 Å². The maximum atomic E-state index is 10.9. The monoisotopic (exact) mass is 553 g/mol. The third-order valence-electron chi connectivity index (χ3n) is 5.03. The summed E-state index contributed by atoms with van der Waals surface area (Å²) in [7, 11) is 1.71. The first-order chi connectivity index (χ1) is 15.1. The summed E-state index contributed by atoms with van der Waals surface area (Å²) in [5, 5.41) is 3.39. The molecule has 9 heteroatoms. The first-order valence-corrected chi connectivity index (χ1v) is 10.5. The Labute approximate surface area is 206 Å². The summed E-state index contributed by atoms with van der Waals surface area (Å²) >= 11 is 0. The number of primary amides is 1. The number of benzene rings is 2. The average Bonchev–Trinajstić information content (AvgIpc) is 2.81. The normalized spacial score (nSPS) is 13.9. The first-order valence-electron chi connectivity index (χ1n) is 10.5. The maximum Gasteiger partial charge on any atom is 0.255 e. The molecule has 1 aliphatic rings. The molecule has 1 heterocycles. The summed E-state index contributed by atoms with van der Waals surface area (Å²) in [6, 6.07) is 15.7. The Bertz CT molecular complexity index is 901. The van der Waals surface area contributed by atoms with Gasteiger partial charge in [0.25, 0.3) is 5.91 Å². The Morgan fingerprint density at radius 2 is 1.88 bits per heavy atom. The molecule has 2 aromatic rings. The average molecular weight is 553 g/mol. The molecule has 0 unspecified atom stereocenters. The third kappa shape index (κ3) is 7.18. The van der Waals surface area contributed by atoms with Crippen molar-refractivity contribution in [1.29, 1.82) is 0 Å². The molecule has 2 aromatic carbocycles. The minimum atomic E-state index is -0.495. The fourth-order valence-corrected chi connectivity index (χ4v) is 3.53. The first kappa shape index (κ1) is 25.6. The van der Waals surface area contributed by atoms with Crippen LogP contribution in [0.2, 0.25) is 0 Å². The highest BCUT2D eigenvalue weighted by Gasteiger charge is 2.21. The predicted molar refractivity (Wildman–Crippen MR) is 138 cm³/mol. The van der Waals surface area contributed by atoms with Gasteiger partial charge in [0.2, 0.25) is 0 Å². The number of para-hydroxylation sites is 2. The third-order valence-corrected chi connectivity index (χ3v) is 5.03. The number of hydrogen-bond donors (Lipinski definition) is 2. The van der Waals surface area contributed by atoms with E-state index in [0.29, 0.717) is 12.3 Å².